The Morgan fingerprint density at radius 1 is 0.806 bits per heavy atom. The molecule has 1 aromatic heterocycles. The van der Waals surface area contributed by atoms with Crippen LogP contribution in [-0.4, -0.2) is 21.1 Å². The minimum absolute atomic E-state index is 0.299. The minimum atomic E-state index is -1.06. The zero-order valence-corrected chi connectivity index (χ0v) is 17.0. The molecular weight excluding hydrogens is 391 g/mol. The van der Waals surface area contributed by atoms with Gasteiger partial charge in [0, 0.05) is 30.6 Å². The molecule has 0 aliphatic rings. The SMILES string of the molecule is Cn1ccnc1C(c1ccc(F)cc1)C(C(=O)c1ccccc1)C(=O)c1ccccc1. The second kappa shape index (κ2) is 8.88. The highest BCUT2D eigenvalue weighted by Gasteiger charge is 2.39. The highest BCUT2D eigenvalue weighted by atomic mass is 19.1. The summed E-state index contributed by atoms with van der Waals surface area (Å²) in [7, 11) is 1.82. The third kappa shape index (κ3) is 4.21. The molecule has 4 aromatic rings. The van der Waals surface area contributed by atoms with Gasteiger partial charge < -0.3 is 4.57 Å². The van der Waals surface area contributed by atoms with E-state index in [1.54, 1.807) is 77.6 Å². The Morgan fingerprint density at radius 3 is 1.77 bits per heavy atom. The van der Waals surface area contributed by atoms with Crippen LogP contribution in [0.3, 0.4) is 0 Å². The number of carbonyl (C=O) groups is 2. The van der Waals surface area contributed by atoms with Crippen molar-refractivity contribution in [3.05, 3.63) is 126 Å². The maximum Gasteiger partial charge on any atom is 0.174 e. The molecule has 0 spiro atoms. The first-order chi connectivity index (χ1) is 15.1. The lowest BCUT2D eigenvalue weighted by molar-refractivity contribution is 0.0790. The number of imidazole rings is 1. The van der Waals surface area contributed by atoms with Gasteiger partial charge in [0.25, 0.3) is 0 Å². The first kappa shape index (κ1) is 20.4. The van der Waals surface area contributed by atoms with Crippen molar-refractivity contribution >= 4 is 11.6 Å². The van der Waals surface area contributed by atoms with Crippen molar-refractivity contribution in [3.63, 3.8) is 0 Å². The number of Topliss-reactive ketones (excluding diaryl/α,β-unsaturated/α-hetero) is 2. The van der Waals surface area contributed by atoms with Crippen LogP contribution >= 0.6 is 0 Å². The van der Waals surface area contributed by atoms with Crippen LogP contribution < -0.4 is 0 Å². The summed E-state index contributed by atoms with van der Waals surface area (Å²) in [6.07, 6.45) is 3.39. The lowest BCUT2D eigenvalue weighted by atomic mass is 9.76. The summed E-state index contributed by atoms with van der Waals surface area (Å²) in [6.45, 7) is 0. The monoisotopic (exact) mass is 412 g/mol. The van der Waals surface area contributed by atoms with Crippen LogP contribution in [-0.2, 0) is 7.05 Å². The van der Waals surface area contributed by atoms with Gasteiger partial charge >= 0.3 is 0 Å². The third-order valence-electron chi connectivity index (χ3n) is 5.38. The third-order valence-corrected chi connectivity index (χ3v) is 5.38. The standard InChI is InChI=1S/C26H21FN2O2/c1-29-17-16-28-26(29)22(18-12-14-21(27)15-13-18)23(24(30)19-8-4-2-5-9-19)25(31)20-10-6-3-7-11-20/h2-17,22-23H,1H3. The van der Waals surface area contributed by atoms with Crippen LogP contribution in [0.2, 0.25) is 0 Å². The predicted octanol–water partition coefficient (Wildman–Crippen LogP) is 5.07. The molecule has 1 heterocycles. The molecular formula is C26H21FN2O2. The van der Waals surface area contributed by atoms with Crippen molar-refractivity contribution < 1.29 is 14.0 Å². The van der Waals surface area contributed by atoms with Crippen molar-refractivity contribution in [2.24, 2.45) is 13.0 Å². The second-order valence-corrected chi connectivity index (χ2v) is 7.36. The summed E-state index contributed by atoms with van der Waals surface area (Å²) in [5.41, 5.74) is 1.53. The van der Waals surface area contributed by atoms with Gasteiger partial charge in [0.2, 0.25) is 0 Å². The van der Waals surface area contributed by atoms with E-state index in [0.717, 1.165) is 0 Å². The van der Waals surface area contributed by atoms with E-state index >= 15 is 0 Å². The smallest absolute Gasteiger partial charge is 0.174 e. The first-order valence-corrected chi connectivity index (χ1v) is 9.97. The maximum absolute atomic E-state index is 13.7. The molecule has 3 aromatic carbocycles. The van der Waals surface area contributed by atoms with Gasteiger partial charge in [-0.2, -0.15) is 0 Å². The van der Waals surface area contributed by atoms with Gasteiger partial charge in [0.1, 0.15) is 11.6 Å². The molecule has 0 fully saturated rings. The largest absolute Gasteiger partial charge is 0.337 e. The number of hydrogen-bond acceptors (Lipinski definition) is 3. The van der Waals surface area contributed by atoms with E-state index in [9.17, 15) is 14.0 Å². The number of hydrogen-bond donors (Lipinski definition) is 0. The molecule has 0 bridgehead atoms. The van der Waals surface area contributed by atoms with Crippen molar-refractivity contribution in [1.82, 2.24) is 9.55 Å². The number of halogens is 1. The zero-order valence-electron chi connectivity index (χ0n) is 17.0. The van der Waals surface area contributed by atoms with Crippen LogP contribution in [0.4, 0.5) is 4.39 Å². The van der Waals surface area contributed by atoms with Crippen LogP contribution in [0.15, 0.2) is 97.3 Å². The van der Waals surface area contributed by atoms with Crippen molar-refractivity contribution in [2.45, 2.75) is 5.92 Å². The second-order valence-electron chi connectivity index (χ2n) is 7.36. The van der Waals surface area contributed by atoms with E-state index < -0.39 is 11.8 Å². The molecule has 31 heavy (non-hydrogen) atoms. The average molecular weight is 412 g/mol. The molecule has 0 amide bonds. The Kier molecular flexibility index (Phi) is 5.85. The van der Waals surface area contributed by atoms with E-state index in [1.165, 1.54) is 12.1 Å². The van der Waals surface area contributed by atoms with Gasteiger partial charge in [0.05, 0.1) is 11.8 Å². The number of nitrogens with zero attached hydrogens (tertiary/aromatic N) is 2. The number of rotatable bonds is 7. The molecule has 0 aliphatic carbocycles. The van der Waals surface area contributed by atoms with Gasteiger partial charge in [-0.25, -0.2) is 9.37 Å². The molecule has 0 aliphatic heterocycles. The normalized spacial score (nSPS) is 12.0. The Labute approximate surface area is 180 Å². The fraction of sp³-hybridized carbons (Fsp3) is 0.115. The molecule has 0 saturated heterocycles. The van der Waals surface area contributed by atoms with Crippen LogP contribution in [0, 0.1) is 11.7 Å². The Morgan fingerprint density at radius 2 is 1.32 bits per heavy atom. The van der Waals surface area contributed by atoms with E-state index in [1.807, 2.05) is 19.2 Å². The highest BCUT2D eigenvalue weighted by Crippen LogP contribution is 2.35. The number of carbonyl (C=O) groups excluding carboxylic acids is 2. The predicted molar refractivity (Wildman–Crippen MR) is 116 cm³/mol. The first-order valence-electron chi connectivity index (χ1n) is 9.97. The van der Waals surface area contributed by atoms with Crippen molar-refractivity contribution in [1.29, 1.82) is 0 Å². The number of aryl methyl sites for hydroxylation is 1. The van der Waals surface area contributed by atoms with Crippen LogP contribution in [0.5, 0.6) is 0 Å². The lowest BCUT2D eigenvalue weighted by Crippen LogP contribution is -2.32. The molecule has 0 radical (unpaired) electrons. The maximum atomic E-state index is 13.7. The number of benzene rings is 3. The fourth-order valence-corrected chi connectivity index (χ4v) is 3.82. The van der Waals surface area contributed by atoms with Gasteiger partial charge in [-0.1, -0.05) is 72.8 Å². The quantitative estimate of drug-likeness (QED) is 0.314. The molecule has 4 rings (SSSR count). The van der Waals surface area contributed by atoms with Gasteiger partial charge in [-0.15, -0.1) is 0 Å². The summed E-state index contributed by atoms with van der Waals surface area (Å²) in [6, 6.07) is 23.4. The minimum Gasteiger partial charge on any atom is -0.337 e. The zero-order chi connectivity index (χ0) is 21.8. The summed E-state index contributed by atoms with van der Waals surface area (Å²) in [5, 5.41) is 0. The molecule has 1 atom stereocenters. The molecule has 0 N–H and O–H groups in total. The van der Waals surface area contributed by atoms with Crippen LogP contribution in [0.25, 0.3) is 0 Å². The van der Waals surface area contributed by atoms with E-state index in [0.29, 0.717) is 22.5 Å². The summed E-state index contributed by atoms with van der Waals surface area (Å²) in [5.74, 6) is -2.16. The van der Waals surface area contributed by atoms with Gasteiger partial charge in [-0.05, 0) is 17.7 Å². The van der Waals surface area contributed by atoms with E-state index in [-0.39, 0.29) is 17.4 Å². The number of ketones is 2. The van der Waals surface area contributed by atoms with Gasteiger partial charge in [0.15, 0.2) is 11.6 Å². The molecule has 154 valence electrons. The van der Waals surface area contributed by atoms with Gasteiger partial charge in [-0.3, -0.25) is 9.59 Å². The lowest BCUT2D eigenvalue weighted by Gasteiger charge is -2.26. The summed E-state index contributed by atoms with van der Waals surface area (Å²) < 4.78 is 15.5. The Bertz CT molecular complexity index is 1130. The molecule has 4 nitrogen and oxygen atoms in total. The van der Waals surface area contributed by atoms with Crippen molar-refractivity contribution in [3.8, 4) is 0 Å². The topological polar surface area (TPSA) is 52.0 Å². The van der Waals surface area contributed by atoms with Crippen LogP contribution in [0.1, 0.15) is 38.0 Å². The van der Waals surface area contributed by atoms with Crippen molar-refractivity contribution in [2.75, 3.05) is 0 Å². The molecule has 0 saturated carbocycles. The Balaban J connectivity index is 1.91. The summed E-state index contributed by atoms with van der Waals surface area (Å²) >= 11 is 0. The molecule has 1 unspecified atom stereocenters. The number of aromatic nitrogens is 2. The summed E-state index contributed by atoms with van der Waals surface area (Å²) in [4.78, 5) is 31.9. The fourth-order valence-electron chi connectivity index (χ4n) is 3.82. The average Bonchev–Trinajstić information content (AvgIpc) is 3.24. The van der Waals surface area contributed by atoms with E-state index in [4.69, 9.17) is 0 Å². The highest BCUT2D eigenvalue weighted by molar-refractivity contribution is 6.17. The molecule has 5 heteroatoms. The Hall–Kier alpha value is -3.86. The van der Waals surface area contributed by atoms with E-state index in [2.05, 4.69) is 4.98 Å².